The fraction of sp³-hybridized carbons (Fsp3) is 0.294. The van der Waals surface area contributed by atoms with Crippen LogP contribution in [0.5, 0.6) is 5.75 Å². The lowest BCUT2D eigenvalue weighted by atomic mass is 10.0. The molecule has 0 aliphatic carbocycles. The van der Waals surface area contributed by atoms with Crippen molar-refractivity contribution < 1.29 is 4.74 Å². The van der Waals surface area contributed by atoms with Crippen LogP contribution < -0.4 is 10.5 Å². The van der Waals surface area contributed by atoms with E-state index in [2.05, 4.69) is 31.2 Å². The SMILES string of the molecule is Cc1ccc(C(Oc2ccc(Cl)c(C)c2)C(C)N)cc1. The zero-order valence-electron chi connectivity index (χ0n) is 12.1. The Morgan fingerprint density at radius 1 is 1.05 bits per heavy atom. The maximum atomic E-state index is 6.07. The third-order valence-electron chi connectivity index (χ3n) is 3.28. The molecule has 2 N–H and O–H groups in total. The van der Waals surface area contributed by atoms with E-state index in [-0.39, 0.29) is 12.1 Å². The molecule has 0 saturated carbocycles. The monoisotopic (exact) mass is 289 g/mol. The molecule has 0 radical (unpaired) electrons. The summed E-state index contributed by atoms with van der Waals surface area (Å²) in [6.45, 7) is 5.98. The largest absolute Gasteiger partial charge is 0.484 e. The van der Waals surface area contributed by atoms with Gasteiger partial charge >= 0.3 is 0 Å². The fourth-order valence-electron chi connectivity index (χ4n) is 2.07. The van der Waals surface area contributed by atoms with Crippen LogP contribution in [0.4, 0.5) is 0 Å². The predicted molar refractivity (Wildman–Crippen MR) is 84.4 cm³/mol. The van der Waals surface area contributed by atoms with Gasteiger partial charge in [0.05, 0.1) is 0 Å². The molecule has 0 aliphatic rings. The van der Waals surface area contributed by atoms with E-state index in [1.54, 1.807) is 0 Å². The lowest BCUT2D eigenvalue weighted by Crippen LogP contribution is -2.29. The molecule has 0 heterocycles. The molecule has 2 aromatic carbocycles. The highest BCUT2D eigenvalue weighted by molar-refractivity contribution is 6.31. The van der Waals surface area contributed by atoms with Gasteiger partial charge in [0.15, 0.2) is 0 Å². The number of halogens is 1. The molecule has 2 unspecified atom stereocenters. The van der Waals surface area contributed by atoms with E-state index >= 15 is 0 Å². The van der Waals surface area contributed by atoms with E-state index in [0.717, 1.165) is 21.9 Å². The van der Waals surface area contributed by atoms with Gasteiger partial charge in [-0.1, -0.05) is 41.4 Å². The minimum absolute atomic E-state index is 0.103. The lowest BCUT2D eigenvalue weighted by molar-refractivity contribution is 0.180. The molecule has 3 heteroatoms. The van der Waals surface area contributed by atoms with Gasteiger partial charge in [-0.05, 0) is 50.1 Å². The summed E-state index contributed by atoms with van der Waals surface area (Å²) in [6, 6.07) is 13.8. The van der Waals surface area contributed by atoms with Crippen molar-refractivity contribution in [1.29, 1.82) is 0 Å². The molecule has 2 atom stereocenters. The van der Waals surface area contributed by atoms with Crippen LogP contribution in [0.15, 0.2) is 42.5 Å². The normalized spacial score (nSPS) is 13.8. The first kappa shape index (κ1) is 14.9. The summed E-state index contributed by atoms with van der Waals surface area (Å²) in [5, 5.41) is 0.741. The van der Waals surface area contributed by atoms with Gasteiger partial charge in [0.25, 0.3) is 0 Å². The van der Waals surface area contributed by atoms with Gasteiger partial charge in [0.2, 0.25) is 0 Å². The summed E-state index contributed by atoms with van der Waals surface area (Å²) < 4.78 is 6.05. The molecule has 2 rings (SSSR count). The molecule has 20 heavy (non-hydrogen) atoms. The number of hydrogen-bond donors (Lipinski definition) is 1. The van der Waals surface area contributed by atoms with Crippen molar-refractivity contribution in [3.63, 3.8) is 0 Å². The van der Waals surface area contributed by atoms with Crippen LogP contribution in [-0.4, -0.2) is 6.04 Å². The van der Waals surface area contributed by atoms with Crippen molar-refractivity contribution in [1.82, 2.24) is 0 Å². The highest BCUT2D eigenvalue weighted by atomic mass is 35.5. The number of rotatable bonds is 4. The van der Waals surface area contributed by atoms with Gasteiger partial charge in [-0.2, -0.15) is 0 Å². The average molecular weight is 290 g/mol. The Balaban J connectivity index is 2.25. The number of hydrogen-bond acceptors (Lipinski definition) is 2. The van der Waals surface area contributed by atoms with Gasteiger partial charge in [-0.15, -0.1) is 0 Å². The molecule has 2 aromatic rings. The molecule has 0 amide bonds. The molecule has 0 fully saturated rings. The maximum Gasteiger partial charge on any atom is 0.138 e. The summed E-state index contributed by atoms with van der Waals surface area (Å²) in [4.78, 5) is 0. The van der Waals surface area contributed by atoms with Crippen molar-refractivity contribution in [3.8, 4) is 5.75 Å². The van der Waals surface area contributed by atoms with Crippen molar-refractivity contribution in [3.05, 3.63) is 64.2 Å². The Labute approximate surface area is 125 Å². The van der Waals surface area contributed by atoms with E-state index in [1.165, 1.54) is 5.56 Å². The Morgan fingerprint density at radius 2 is 1.70 bits per heavy atom. The van der Waals surface area contributed by atoms with Gasteiger partial charge in [0, 0.05) is 11.1 Å². The van der Waals surface area contributed by atoms with E-state index in [0.29, 0.717) is 0 Å². The topological polar surface area (TPSA) is 35.2 Å². The van der Waals surface area contributed by atoms with Crippen LogP contribution in [-0.2, 0) is 0 Å². The first-order chi connectivity index (χ1) is 9.47. The number of benzene rings is 2. The molecule has 0 saturated heterocycles. The van der Waals surface area contributed by atoms with Gasteiger partial charge < -0.3 is 10.5 Å². The third-order valence-corrected chi connectivity index (χ3v) is 3.70. The second-order valence-electron chi connectivity index (χ2n) is 5.22. The van der Waals surface area contributed by atoms with E-state index in [9.17, 15) is 0 Å². The average Bonchev–Trinajstić information content (AvgIpc) is 2.41. The molecular formula is C17H20ClNO. The number of aryl methyl sites for hydroxylation is 2. The Hall–Kier alpha value is -1.51. The molecule has 0 bridgehead atoms. The Morgan fingerprint density at radius 3 is 2.25 bits per heavy atom. The molecular weight excluding hydrogens is 270 g/mol. The summed E-state index contributed by atoms with van der Waals surface area (Å²) in [6.07, 6.45) is -0.170. The minimum Gasteiger partial charge on any atom is -0.484 e. The smallest absolute Gasteiger partial charge is 0.138 e. The van der Waals surface area contributed by atoms with E-state index in [1.807, 2.05) is 32.0 Å². The van der Waals surface area contributed by atoms with Crippen molar-refractivity contribution in [2.24, 2.45) is 5.73 Å². The van der Waals surface area contributed by atoms with Crippen LogP contribution in [0.25, 0.3) is 0 Å². The summed E-state index contributed by atoms with van der Waals surface area (Å²) in [5.41, 5.74) is 9.37. The number of nitrogens with two attached hydrogens (primary N) is 1. The second kappa shape index (κ2) is 6.29. The third kappa shape index (κ3) is 3.53. The van der Waals surface area contributed by atoms with Crippen LogP contribution in [0.1, 0.15) is 29.7 Å². The standard InChI is InChI=1S/C17H20ClNO/c1-11-4-6-14(7-5-11)17(13(3)19)20-15-8-9-16(18)12(2)10-15/h4-10,13,17H,19H2,1-3H3. The van der Waals surface area contributed by atoms with Crippen LogP contribution in [0.2, 0.25) is 5.02 Å². The summed E-state index contributed by atoms with van der Waals surface area (Å²) in [7, 11) is 0. The molecule has 0 aliphatic heterocycles. The molecule has 106 valence electrons. The first-order valence-electron chi connectivity index (χ1n) is 6.72. The Bertz CT molecular complexity index is 578. The summed E-state index contributed by atoms with van der Waals surface area (Å²) in [5.74, 6) is 0.787. The van der Waals surface area contributed by atoms with Crippen LogP contribution in [0, 0.1) is 13.8 Å². The second-order valence-corrected chi connectivity index (χ2v) is 5.63. The zero-order valence-corrected chi connectivity index (χ0v) is 12.8. The molecule has 0 aromatic heterocycles. The summed E-state index contributed by atoms with van der Waals surface area (Å²) >= 11 is 6.03. The van der Waals surface area contributed by atoms with Gasteiger partial charge in [-0.3, -0.25) is 0 Å². The highest BCUT2D eigenvalue weighted by Crippen LogP contribution is 2.27. The van der Waals surface area contributed by atoms with E-state index < -0.39 is 0 Å². The number of ether oxygens (including phenoxy) is 1. The minimum atomic E-state index is -0.170. The van der Waals surface area contributed by atoms with Gasteiger partial charge in [0.1, 0.15) is 11.9 Å². The molecule has 0 spiro atoms. The van der Waals surface area contributed by atoms with Crippen molar-refractivity contribution in [2.75, 3.05) is 0 Å². The van der Waals surface area contributed by atoms with Crippen LogP contribution >= 0.6 is 11.6 Å². The van der Waals surface area contributed by atoms with Gasteiger partial charge in [-0.25, -0.2) is 0 Å². The maximum absolute atomic E-state index is 6.07. The van der Waals surface area contributed by atoms with E-state index in [4.69, 9.17) is 22.1 Å². The quantitative estimate of drug-likeness (QED) is 0.904. The first-order valence-corrected chi connectivity index (χ1v) is 7.10. The lowest BCUT2D eigenvalue weighted by Gasteiger charge is -2.23. The van der Waals surface area contributed by atoms with Crippen molar-refractivity contribution in [2.45, 2.75) is 32.9 Å². The van der Waals surface area contributed by atoms with Crippen LogP contribution in [0.3, 0.4) is 0 Å². The predicted octanol–water partition coefficient (Wildman–Crippen LogP) is 4.42. The van der Waals surface area contributed by atoms with Crippen molar-refractivity contribution >= 4 is 11.6 Å². The highest BCUT2D eigenvalue weighted by Gasteiger charge is 2.18. The zero-order chi connectivity index (χ0) is 14.7. The fourth-order valence-corrected chi connectivity index (χ4v) is 2.19. The Kier molecular flexibility index (Phi) is 4.69. The molecule has 2 nitrogen and oxygen atoms in total.